The monoisotopic (exact) mass is 270 g/mol. The summed E-state index contributed by atoms with van der Waals surface area (Å²) in [7, 11) is 0. The fourth-order valence-electron chi connectivity index (χ4n) is 1.99. The van der Waals surface area contributed by atoms with Crippen molar-refractivity contribution in [1.29, 1.82) is 0 Å². The molecule has 0 spiro atoms. The van der Waals surface area contributed by atoms with Crippen LogP contribution in [-0.4, -0.2) is 16.1 Å². The van der Waals surface area contributed by atoms with Gasteiger partial charge in [0.25, 0.3) is 5.91 Å². The van der Waals surface area contributed by atoms with Crippen molar-refractivity contribution >= 4 is 28.2 Å². The number of hydrogen-bond donors (Lipinski definition) is 3. The van der Waals surface area contributed by atoms with E-state index in [0.717, 1.165) is 11.5 Å². The minimum absolute atomic E-state index is 0.0986. The van der Waals surface area contributed by atoms with E-state index in [1.807, 2.05) is 6.07 Å². The van der Waals surface area contributed by atoms with E-state index in [2.05, 4.69) is 15.5 Å². The Hall–Kier alpha value is -2.89. The molecule has 0 atom stereocenters. The van der Waals surface area contributed by atoms with Crippen LogP contribution in [0.4, 0.5) is 15.8 Å². The Bertz CT molecular complexity index is 797. The molecule has 1 heterocycles. The first-order valence-electron chi connectivity index (χ1n) is 5.93. The fraction of sp³-hybridized carbons (Fsp3) is 0. The molecule has 0 saturated heterocycles. The number of halogens is 1. The number of nitrogens with zero attached hydrogens (tertiary/aromatic N) is 1. The Morgan fingerprint density at radius 3 is 3.00 bits per heavy atom. The summed E-state index contributed by atoms with van der Waals surface area (Å²) in [5.74, 6) is -0.979. The van der Waals surface area contributed by atoms with Crippen LogP contribution in [0.1, 0.15) is 10.4 Å². The largest absolute Gasteiger partial charge is 0.398 e. The van der Waals surface area contributed by atoms with Gasteiger partial charge in [0.05, 0.1) is 23.0 Å². The predicted molar refractivity (Wildman–Crippen MR) is 74.9 cm³/mol. The van der Waals surface area contributed by atoms with Crippen LogP contribution in [0.15, 0.2) is 42.6 Å². The molecule has 3 rings (SSSR count). The number of nitrogens with one attached hydrogen (secondary N) is 2. The number of nitrogens with two attached hydrogens (primary N) is 1. The van der Waals surface area contributed by atoms with Crippen LogP contribution in [0.5, 0.6) is 0 Å². The molecule has 0 radical (unpaired) electrons. The summed E-state index contributed by atoms with van der Waals surface area (Å²) in [6.45, 7) is 0. The Labute approximate surface area is 113 Å². The van der Waals surface area contributed by atoms with Gasteiger partial charge in [-0.3, -0.25) is 9.89 Å². The second-order valence-electron chi connectivity index (χ2n) is 4.33. The van der Waals surface area contributed by atoms with Gasteiger partial charge in [0.15, 0.2) is 0 Å². The lowest BCUT2D eigenvalue weighted by Gasteiger charge is -2.08. The number of nitrogen functional groups attached to an aromatic ring is 1. The highest BCUT2D eigenvalue weighted by Gasteiger charge is 2.13. The van der Waals surface area contributed by atoms with Crippen molar-refractivity contribution in [2.75, 3.05) is 11.1 Å². The number of para-hydroxylation sites is 1. The number of carbonyl (C=O) groups excluding carboxylic acids is 1. The molecule has 0 aliphatic rings. The highest BCUT2D eigenvalue weighted by Crippen LogP contribution is 2.22. The number of amides is 1. The van der Waals surface area contributed by atoms with Gasteiger partial charge >= 0.3 is 0 Å². The first-order valence-corrected chi connectivity index (χ1v) is 5.93. The quantitative estimate of drug-likeness (QED) is 0.626. The van der Waals surface area contributed by atoms with E-state index in [4.69, 9.17) is 5.73 Å². The molecule has 1 aromatic heterocycles. The molecule has 0 saturated carbocycles. The number of hydrogen-bond acceptors (Lipinski definition) is 3. The first kappa shape index (κ1) is 12.2. The molecular weight excluding hydrogens is 259 g/mol. The van der Waals surface area contributed by atoms with Gasteiger partial charge in [0.2, 0.25) is 0 Å². The smallest absolute Gasteiger partial charge is 0.257 e. The number of aromatic nitrogens is 2. The lowest BCUT2D eigenvalue weighted by molar-refractivity contribution is 0.102. The maximum atomic E-state index is 13.2. The highest BCUT2D eigenvalue weighted by molar-refractivity contribution is 6.10. The maximum absolute atomic E-state index is 13.2. The molecule has 3 aromatic rings. The summed E-state index contributed by atoms with van der Waals surface area (Å²) < 4.78 is 13.2. The first-order chi connectivity index (χ1) is 9.65. The summed E-state index contributed by atoms with van der Waals surface area (Å²) in [6, 6.07) is 9.07. The van der Waals surface area contributed by atoms with Crippen LogP contribution >= 0.6 is 0 Å². The third kappa shape index (κ3) is 2.07. The number of fused-ring (bicyclic) bond motifs is 1. The van der Waals surface area contributed by atoms with E-state index in [1.54, 1.807) is 18.3 Å². The minimum Gasteiger partial charge on any atom is -0.398 e. The molecule has 0 aliphatic carbocycles. The number of anilines is 2. The molecule has 100 valence electrons. The van der Waals surface area contributed by atoms with Crippen molar-refractivity contribution < 1.29 is 9.18 Å². The van der Waals surface area contributed by atoms with Gasteiger partial charge in [-0.25, -0.2) is 4.39 Å². The van der Waals surface area contributed by atoms with Crippen molar-refractivity contribution in [3.8, 4) is 0 Å². The number of H-pyrrole nitrogens is 1. The van der Waals surface area contributed by atoms with Crippen molar-refractivity contribution in [3.05, 3.63) is 54.0 Å². The summed E-state index contributed by atoms with van der Waals surface area (Å²) in [5, 5.41) is 10.3. The van der Waals surface area contributed by atoms with Crippen molar-refractivity contribution in [2.45, 2.75) is 0 Å². The number of rotatable bonds is 2. The molecule has 0 fully saturated rings. The van der Waals surface area contributed by atoms with Gasteiger partial charge in [0, 0.05) is 11.1 Å². The minimum atomic E-state index is -0.510. The molecule has 20 heavy (non-hydrogen) atoms. The van der Waals surface area contributed by atoms with Crippen LogP contribution in [0, 0.1) is 5.82 Å². The molecule has 0 aliphatic heterocycles. The molecule has 2 aromatic carbocycles. The van der Waals surface area contributed by atoms with Crippen LogP contribution in [-0.2, 0) is 0 Å². The third-order valence-electron chi connectivity index (χ3n) is 2.98. The average Bonchev–Trinajstić information content (AvgIpc) is 2.91. The summed E-state index contributed by atoms with van der Waals surface area (Å²) in [6.07, 6.45) is 1.65. The highest BCUT2D eigenvalue weighted by atomic mass is 19.1. The Morgan fingerprint density at radius 1 is 1.30 bits per heavy atom. The SMILES string of the molecule is Nc1ccc(F)cc1C(=O)Nc1cccc2cn[nH]c12. The maximum Gasteiger partial charge on any atom is 0.257 e. The summed E-state index contributed by atoms with van der Waals surface area (Å²) in [4.78, 5) is 12.2. The van der Waals surface area contributed by atoms with Crippen LogP contribution in [0.2, 0.25) is 0 Å². The van der Waals surface area contributed by atoms with Crippen molar-refractivity contribution in [2.24, 2.45) is 0 Å². The predicted octanol–water partition coefficient (Wildman–Crippen LogP) is 2.54. The van der Waals surface area contributed by atoms with Gasteiger partial charge in [-0.1, -0.05) is 12.1 Å². The summed E-state index contributed by atoms with van der Waals surface area (Å²) >= 11 is 0. The molecule has 6 heteroatoms. The lowest BCUT2D eigenvalue weighted by atomic mass is 10.1. The fourth-order valence-corrected chi connectivity index (χ4v) is 1.99. The standard InChI is InChI=1S/C14H11FN4O/c15-9-4-5-11(16)10(6-9)14(20)18-12-3-1-2-8-7-17-19-13(8)12/h1-7H,16H2,(H,17,19)(H,18,20). The van der Waals surface area contributed by atoms with E-state index in [9.17, 15) is 9.18 Å². The molecule has 1 amide bonds. The second kappa shape index (κ2) is 4.65. The van der Waals surface area contributed by atoms with Crippen LogP contribution in [0.25, 0.3) is 10.9 Å². The van der Waals surface area contributed by atoms with E-state index in [1.165, 1.54) is 12.1 Å². The number of carbonyl (C=O) groups is 1. The van der Waals surface area contributed by atoms with Crippen LogP contribution in [0.3, 0.4) is 0 Å². The lowest BCUT2D eigenvalue weighted by Crippen LogP contribution is -2.14. The zero-order valence-electron chi connectivity index (χ0n) is 10.4. The normalized spacial score (nSPS) is 10.7. The van der Waals surface area contributed by atoms with Crippen molar-refractivity contribution in [1.82, 2.24) is 10.2 Å². The van der Waals surface area contributed by atoms with Gasteiger partial charge < -0.3 is 11.1 Å². The molecule has 0 unspecified atom stereocenters. The van der Waals surface area contributed by atoms with Gasteiger partial charge in [-0.15, -0.1) is 0 Å². The molecule has 5 nitrogen and oxygen atoms in total. The Kier molecular flexibility index (Phi) is 2.83. The molecule has 0 bridgehead atoms. The Balaban J connectivity index is 1.96. The van der Waals surface area contributed by atoms with Gasteiger partial charge in [0.1, 0.15) is 5.82 Å². The number of aromatic amines is 1. The molecular formula is C14H11FN4O. The zero-order chi connectivity index (χ0) is 14.1. The Morgan fingerprint density at radius 2 is 2.15 bits per heavy atom. The van der Waals surface area contributed by atoms with Crippen LogP contribution < -0.4 is 11.1 Å². The van der Waals surface area contributed by atoms with Gasteiger partial charge in [-0.05, 0) is 24.3 Å². The van der Waals surface area contributed by atoms with Crippen molar-refractivity contribution in [3.63, 3.8) is 0 Å². The van der Waals surface area contributed by atoms with E-state index >= 15 is 0 Å². The van der Waals surface area contributed by atoms with E-state index in [-0.39, 0.29) is 11.3 Å². The van der Waals surface area contributed by atoms with E-state index < -0.39 is 11.7 Å². The number of benzene rings is 2. The topological polar surface area (TPSA) is 83.8 Å². The summed E-state index contributed by atoms with van der Waals surface area (Å²) in [5.41, 5.74) is 7.28. The van der Waals surface area contributed by atoms with E-state index in [0.29, 0.717) is 11.2 Å². The average molecular weight is 270 g/mol. The van der Waals surface area contributed by atoms with Gasteiger partial charge in [-0.2, -0.15) is 5.10 Å². The zero-order valence-corrected chi connectivity index (χ0v) is 10.4. The second-order valence-corrected chi connectivity index (χ2v) is 4.33. The third-order valence-corrected chi connectivity index (χ3v) is 2.98. The molecule has 4 N–H and O–H groups in total.